The number of aromatic nitrogens is 1. The van der Waals surface area contributed by atoms with Gasteiger partial charge in [0.25, 0.3) is 0 Å². The largest absolute Gasteiger partial charge is 0.383 e. The Bertz CT molecular complexity index is 462. The zero-order valence-corrected chi connectivity index (χ0v) is 11.6. The molecule has 1 aliphatic heterocycles. The van der Waals surface area contributed by atoms with Gasteiger partial charge in [-0.15, -0.1) is 0 Å². The summed E-state index contributed by atoms with van der Waals surface area (Å²) in [6.45, 7) is 4.05. The number of nitrogens with zero attached hydrogens (tertiary/aromatic N) is 2. The van der Waals surface area contributed by atoms with Crippen LogP contribution in [0.1, 0.15) is 17.5 Å². The van der Waals surface area contributed by atoms with Gasteiger partial charge >= 0.3 is 0 Å². The second-order valence-electron chi connectivity index (χ2n) is 5.15. The number of carbonyl (C=O) groups is 1. The summed E-state index contributed by atoms with van der Waals surface area (Å²) in [7, 11) is 1.65. The van der Waals surface area contributed by atoms with E-state index in [0.29, 0.717) is 31.3 Å². The average Bonchev–Trinajstić information content (AvgIpc) is 2.72. The van der Waals surface area contributed by atoms with Crippen molar-refractivity contribution in [3.8, 4) is 0 Å². The van der Waals surface area contributed by atoms with Crippen LogP contribution in [0.5, 0.6) is 0 Å². The molecule has 0 bridgehead atoms. The molecule has 1 aliphatic rings. The van der Waals surface area contributed by atoms with Gasteiger partial charge in [0.15, 0.2) is 0 Å². The van der Waals surface area contributed by atoms with Gasteiger partial charge in [-0.2, -0.15) is 0 Å². The second kappa shape index (κ2) is 6.02. The lowest BCUT2D eigenvalue weighted by Gasteiger charge is -2.16. The summed E-state index contributed by atoms with van der Waals surface area (Å²) in [5, 5.41) is 0. The van der Waals surface area contributed by atoms with Gasteiger partial charge in [-0.25, -0.2) is 4.98 Å². The fraction of sp³-hybridized carbons (Fsp3) is 0.571. The minimum absolute atomic E-state index is 0.224. The van der Waals surface area contributed by atoms with Crippen molar-refractivity contribution < 1.29 is 9.53 Å². The van der Waals surface area contributed by atoms with Crippen LogP contribution < -0.4 is 5.73 Å². The molecule has 2 heterocycles. The fourth-order valence-corrected chi connectivity index (χ4v) is 2.50. The molecule has 0 aromatic carbocycles. The van der Waals surface area contributed by atoms with Crippen molar-refractivity contribution in [2.45, 2.75) is 19.8 Å². The highest BCUT2D eigenvalue weighted by Gasteiger charge is 2.29. The molecule has 5 nitrogen and oxygen atoms in total. The Hall–Kier alpha value is -1.62. The normalized spacial score (nSPS) is 19.2. The lowest BCUT2D eigenvalue weighted by atomic mass is 9.99. The molecule has 2 rings (SSSR count). The van der Waals surface area contributed by atoms with Crippen molar-refractivity contribution in [2.24, 2.45) is 5.92 Å². The lowest BCUT2D eigenvalue weighted by Crippen LogP contribution is -2.28. The van der Waals surface area contributed by atoms with Gasteiger partial charge in [0, 0.05) is 32.8 Å². The molecule has 2 N–H and O–H groups in total. The van der Waals surface area contributed by atoms with Crippen LogP contribution in [0.2, 0.25) is 0 Å². The second-order valence-corrected chi connectivity index (χ2v) is 5.15. The summed E-state index contributed by atoms with van der Waals surface area (Å²) in [4.78, 5) is 17.9. The Labute approximate surface area is 113 Å². The number of amides is 1. The molecule has 5 heteroatoms. The van der Waals surface area contributed by atoms with Crippen molar-refractivity contribution in [2.75, 3.05) is 32.5 Å². The maximum atomic E-state index is 11.8. The van der Waals surface area contributed by atoms with E-state index in [1.165, 1.54) is 0 Å². The molecule has 1 amide bonds. The van der Waals surface area contributed by atoms with Crippen LogP contribution in [-0.4, -0.2) is 42.6 Å². The van der Waals surface area contributed by atoms with E-state index in [1.54, 1.807) is 7.11 Å². The van der Waals surface area contributed by atoms with Crippen LogP contribution in [0, 0.1) is 12.8 Å². The molecule has 104 valence electrons. The maximum absolute atomic E-state index is 11.8. The van der Waals surface area contributed by atoms with Crippen LogP contribution in [0.4, 0.5) is 5.82 Å². The zero-order chi connectivity index (χ0) is 13.8. The van der Waals surface area contributed by atoms with Crippen molar-refractivity contribution in [3.05, 3.63) is 23.4 Å². The van der Waals surface area contributed by atoms with Gasteiger partial charge in [-0.1, -0.05) is 6.07 Å². The number of pyridine rings is 1. The van der Waals surface area contributed by atoms with Crippen LogP contribution in [-0.2, 0) is 16.0 Å². The van der Waals surface area contributed by atoms with E-state index in [-0.39, 0.29) is 5.91 Å². The van der Waals surface area contributed by atoms with Crippen LogP contribution in [0.25, 0.3) is 0 Å². The third kappa shape index (κ3) is 3.44. The van der Waals surface area contributed by atoms with Gasteiger partial charge in [0.2, 0.25) is 5.91 Å². The standard InChI is InChI=1S/C14H21N3O2/c1-10-5-11(8-16-14(10)15)6-12-7-13(18)17(9-12)3-4-19-2/h5,8,12H,3-4,6-7,9H2,1-2H3,(H2,15,16)/t12-/m1/s1. The Morgan fingerprint density at radius 2 is 2.37 bits per heavy atom. The summed E-state index contributed by atoms with van der Waals surface area (Å²) in [6.07, 6.45) is 3.31. The first-order chi connectivity index (χ1) is 9.10. The quantitative estimate of drug-likeness (QED) is 0.861. The number of nitrogens with two attached hydrogens (primary N) is 1. The van der Waals surface area contributed by atoms with E-state index in [2.05, 4.69) is 11.1 Å². The molecule has 1 atom stereocenters. The monoisotopic (exact) mass is 263 g/mol. The minimum atomic E-state index is 0.224. The summed E-state index contributed by atoms with van der Waals surface area (Å²) in [5.74, 6) is 1.17. The minimum Gasteiger partial charge on any atom is -0.383 e. The fourth-order valence-electron chi connectivity index (χ4n) is 2.50. The Morgan fingerprint density at radius 3 is 3.05 bits per heavy atom. The van der Waals surface area contributed by atoms with E-state index in [0.717, 1.165) is 24.1 Å². The molecule has 1 saturated heterocycles. The Balaban J connectivity index is 1.93. The number of likely N-dealkylation sites (tertiary alicyclic amines) is 1. The van der Waals surface area contributed by atoms with E-state index in [9.17, 15) is 4.79 Å². The first-order valence-electron chi connectivity index (χ1n) is 6.58. The van der Waals surface area contributed by atoms with E-state index in [4.69, 9.17) is 10.5 Å². The van der Waals surface area contributed by atoms with Crippen LogP contribution in [0.15, 0.2) is 12.3 Å². The third-order valence-electron chi connectivity index (χ3n) is 3.56. The predicted octanol–water partition coefficient (Wildman–Crippen LogP) is 1.01. The average molecular weight is 263 g/mol. The van der Waals surface area contributed by atoms with Crippen molar-refractivity contribution in [3.63, 3.8) is 0 Å². The Morgan fingerprint density at radius 1 is 1.58 bits per heavy atom. The molecule has 0 saturated carbocycles. The number of aryl methyl sites for hydroxylation is 1. The number of carbonyl (C=O) groups excluding carboxylic acids is 1. The number of rotatable bonds is 5. The Kier molecular flexibility index (Phi) is 4.37. The van der Waals surface area contributed by atoms with Crippen LogP contribution in [0.3, 0.4) is 0 Å². The number of hydrogen-bond acceptors (Lipinski definition) is 4. The molecule has 0 aliphatic carbocycles. The van der Waals surface area contributed by atoms with E-state index < -0.39 is 0 Å². The van der Waals surface area contributed by atoms with E-state index in [1.807, 2.05) is 18.0 Å². The van der Waals surface area contributed by atoms with Gasteiger partial charge in [-0.3, -0.25) is 4.79 Å². The summed E-state index contributed by atoms with van der Waals surface area (Å²) in [6, 6.07) is 2.06. The molecular weight excluding hydrogens is 242 g/mol. The van der Waals surface area contributed by atoms with Crippen LogP contribution >= 0.6 is 0 Å². The van der Waals surface area contributed by atoms with E-state index >= 15 is 0 Å². The van der Waals surface area contributed by atoms with Gasteiger partial charge in [0.1, 0.15) is 5.82 Å². The zero-order valence-electron chi connectivity index (χ0n) is 11.6. The molecule has 0 radical (unpaired) electrons. The first kappa shape index (κ1) is 13.8. The summed E-state index contributed by atoms with van der Waals surface area (Å²) >= 11 is 0. The number of anilines is 1. The SMILES string of the molecule is COCCN1C[C@H](Cc2cnc(N)c(C)c2)CC1=O. The van der Waals surface area contributed by atoms with Gasteiger partial charge < -0.3 is 15.4 Å². The number of methoxy groups -OCH3 is 1. The predicted molar refractivity (Wildman–Crippen MR) is 73.7 cm³/mol. The molecule has 0 unspecified atom stereocenters. The van der Waals surface area contributed by atoms with Crippen molar-refractivity contribution >= 4 is 11.7 Å². The lowest BCUT2D eigenvalue weighted by molar-refractivity contribution is -0.128. The first-order valence-corrected chi connectivity index (χ1v) is 6.58. The number of ether oxygens (including phenoxy) is 1. The highest BCUT2D eigenvalue weighted by Crippen LogP contribution is 2.22. The summed E-state index contributed by atoms with van der Waals surface area (Å²) in [5.41, 5.74) is 7.86. The summed E-state index contributed by atoms with van der Waals surface area (Å²) < 4.78 is 5.02. The van der Waals surface area contributed by atoms with Crippen molar-refractivity contribution in [1.29, 1.82) is 0 Å². The maximum Gasteiger partial charge on any atom is 0.223 e. The molecule has 1 aromatic heterocycles. The molecule has 1 fully saturated rings. The molecule has 19 heavy (non-hydrogen) atoms. The van der Waals surface area contributed by atoms with Crippen molar-refractivity contribution in [1.82, 2.24) is 9.88 Å². The highest BCUT2D eigenvalue weighted by molar-refractivity contribution is 5.78. The smallest absolute Gasteiger partial charge is 0.223 e. The molecular formula is C14H21N3O2. The highest BCUT2D eigenvalue weighted by atomic mass is 16.5. The molecule has 1 aromatic rings. The molecule has 0 spiro atoms. The number of hydrogen-bond donors (Lipinski definition) is 1. The third-order valence-corrected chi connectivity index (χ3v) is 3.56. The number of nitrogen functional groups attached to an aromatic ring is 1. The van der Waals surface area contributed by atoms with Gasteiger partial charge in [-0.05, 0) is 30.4 Å². The topological polar surface area (TPSA) is 68.4 Å². The van der Waals surface area contributed by atoms with Gasteiger partial charge in [0.05, 0.1) is 6.61 Å².